The fraction of sp³-hybridized carbons (Fsp3) is 0.586. The average molecular weight is 531 g/mol. The minimum Gasteiger partial charge on any atom is -0.414 e. The maximum absolute atomic E-state index is 11.7. The molecule has 0 aliphatic carbocycles. The zero-order chi connectivity index (χ0) is 27.0. The molecule has 1 saturated heterocycles. The Balaban J connectivity index is 2.13. The van der Waals surface area contributed by atoms with Gasteiger partial charge in [0.1, 0.15) is 23.9 Å². The normalized spacial score (nSPS) is 20.5. The van der Waals surface area contributed by atoms with Crippen LogP contribution in [-0.2, 0) is 13.6 Å². The monoisotopic (exact) mass is 530 g/mol. The molecule has 2 aromatic carbocycles. The van der Waals surface area contributed by atoms with Crippen molar-refractivity contribution in [1.29, 1.82) is 0 Å². The maximum atomic E-state index is 11.7. The Morgan fingerprint density at radius 3 is 1.64 bits per heavy atom. The van der Waals surface area contributed by atoms with E-state index < -0.39 is 34.4 Å². The van der Waals surface area contributed by atoms with Gasteiger partial charge in [0.25, 0.3) is 8.32 Å². The molecule has 1 heterocycles. The fourth-order valence-electron chi connectivity index (χ4n) is 4.58. The molecule has 1 aliphatic heterocycles. The molecule has 0 unspecified atom stereocenters. The number of ether oxygens (including phenoxy) is 1. The van der Waals surface area contributed by atoms with E-state index in [9.17, 15) is 10.2 Å². The van der Waals surface area contributed by atoms with Gasteiger partial charge in [0.05, 0.1) is 13.2 Å². The second kappa shape index (κ2) is 10.4. The predicted molar refractivity (Wildman–Crippen MR) is 152 cm³/mol. The Morgan fingerprint density at radius 2 is 1.28 bits per heavy atom. The van der Waals surface area contributed by atoms with E-state index in [2.05, 4.69) is 78.9 Å². The Kier molecular flexibility index (Phi) is 8.48. The summed E-state index contributed by atoms with van der Waals surface area (Å²) in [6, 6.07) is 20.6. The van der Waals surface area contributed by atoms with Crippen molar-refractivity contribution < 1.29 is 23.8 Å². The van der Waals surface area contributed by atoms with E-state index in [-0.39, 0.29) is 22.8 Å². The summed E-state index contributed by atoms with van der Waals surface area (Å²) in [6.45, 7) is 19.8. The molecule has 2 aromatic rings. The van der Waals surface area contributed by atoms with Gasteiger partial charge in [-0.1, -0.05) is 102 Å². The predicted octanol–water partition coefficient (Wildman–Crippen LogP) is 4.46. The molecule has 1 aliphatic rings. The van der Waals surface area contributed by atoms with E-state index >= 15 is 0 Å². The first kappa shape index (κ1) is 29.2. The van der Waals surface area contributed by atoms with Gasteiger partial charge in [0, 0.05) is 0 Å². The van der Waals surface area contributed by atoms with Crippen molar-refractivity contribution in [3.05, 3.63) is 60.7 Å². The summed E-state index contributed by atoms with van der Waals surface area (Å²) in [4.78, 5) is 0. The highest BCUT2D eigenvalue weighted by Crippen LogP contribution is 2.43. The van der Waals surface area contributed by atoms with Crippen LogP contribution in [0.1, 0.15) is 48.5 Å². The Labute approximate surface area is 220 Å². The van der Waals surface area contributed by atoms with Crippen LogP contribution in [0.15, 0.2) is 60.7 Å². The minimum absolute atomic E-state index is 0.000192. The van der Waals surface area contributed by atoms with E-state index in [0.29, 0.717) is 6.61 Å². The van der Waals surface area contributed by atoms with Crippen molar-refractivity contribution in [2.24, 2.45) is 0 Å². The van der Waals surface area contributed by atoms with Crippen molar-refractivity contribution in [3.63, 3.8) is 0 Å². The molecular formula is C29H46O5Si2. The summed E-state index contributed by atoms with van der Waals surface area (Å²) >= 11 is 0. The van der Waals surface area contributed by atoms with Gasteiger partial charge < -0.3 is 23.8 Å². The van der Waals surface area contributed by atoms with E-state index in [1.807, 2.05) is 43.3 Å². The lowest BCUT2D eigenvalue weighted by Gasteiger charge is -2.51. The molecule has 5 nitrogen and oxygen atoms in total. The third kappa shape index (κ3) is 5.72. The highest BCUT2D eigenvalue weighted by Gasteiger charge is 2.59. The molecule has 4 atom stereocenters. The molecule has 200 valence electrons. The summed E-state index contributed by atoms with van der Waals surface area (Å²) in [6.07, 6.45) is -2.42. The molecule has 36 heavy (non-hydrogen) atoms. The van der Waals surface area contributed by atoms with E-state index in [4.69, 9.17) is 13.6 Å². The number of aliphatic hydroxyl groups excluding tert-OH is 2. The Hall–Kier alpha value is -1.33. The smallest absolute Gasteiger partial charge is 0.262 e. The highest BCUT2D eigenvalue weighted by molar-refractivity contribution is 6.99. The first-order chi connectivity index (χ1) is 16.6. The first-order valence-electron chi connectivity index (χ1n) is 13.0. The lowest BCUT2D eigenvalue weighted by molar-refractivity contribution is -0.139. The SMILES string of the molecule is CC(C)(C)[Si](C)(C)OC[C@@H](O)[C@](C)(O[Si](c1ccccc1)(c1ccccc1)C(C)(C)C)[C@@H](O)[C@H]1CO1. The van der Waals surface area contributed by atoms with Gasteiger partial charge in [-0.3, -0.25) is 0 Å². The molecule has 3 rings (SSSR count). The maximum Gasteiger partial charge on any atom is 0.262 e. The Bertz CT molecular complexity index is 941. The van der Waals surface area contributed by atoms with Crippen LogP contribution < -0.4 is 10.4 Å². The van der Waals surface area contributed by atoms with Gasteiger partial charge in [0.15, 0.2) is 8.32 Å². The summed E-state index contributed by atoms with van der Waals surface area (Å²) in [7, 11) is -5.19. The molecule has 0 spiro atoms. The van der Waals surface area contributed by atoms with Crippen LogP contribution in [0.25, 0.3) is 0 Å². The Morgan fingerprint density at radius 1 is 0.833 bits per heavy atom. The van der Waals surface area contributed by atoms with Crippen LogP contribution in [0.2, 0.25) is 23.2 Å². The number of aliphatic hydroxyl groups is 2. The van der Waals surface area contributed by atoms with Crippen LogP contribution >= 0.6 is 0 Å². The van der Waals surface area contributed by atoms with Gasteiger partial charge in [-0.15, -0.1) is 0 Å². The molecule has 0 aromatic heterocycles. The second-order valence-corrected chi connectivity index (χ2v) is 21.9. The van der Waals surface area contributed by atoms with Crippen molar-refractivity contribution in [3.8, 4) is 0 Å². The van der Waals surface area contributed by atoms with Crippen molar-refractivity contribution in [2.45, 2.75) is 95.5 Å². The van der Waals surface area contributed by atoms with Crippen LogP contribution in [0.4, 0.5) is 0 Å². The topological polar surface area (TPSA) is 71.5 Å². The number of rotatable bonds is 10. The molecule has 7 heteroatoms. The molecule has 2 N–H and O–H groups in total. The van der Waals surface area contributed by atoms with Crippen molar-refractivity contribution in [1.82, 2.24) is 0 Å². The zero-order valence-electron chi connectivity index (χ0n) is 23.5. The minimum atomic E-state index is -3.06. The number of epoxide rings is 1. The van der Waals surface area contributed by atoms with Crippen molar-refractivity contribution in [2.75, 3.05) is 13.2 Å². The van der Waals surface area contributed by atoms with Crippen LogP contribution in [0.3, 0.4) is 0 Å². The summed E-state index contributed by atoms with van der Waals surface area (Å²) in [5.41, 5.74) is -1.31. The average Bonchev–Trinajstić information content (AvgIpc) is 3.65. The number of benzene rings is 2. The lowest BCUT2D eigenvalue weighted by atomic mass is 9.91. The summed E-state index contributed by atoms with van der Waals surface area (Å²) < 4.78 is 19.3. The third-order valence-electron chi connectivity index (χ3n) is 8.16. The lowest BCUT2D eigenvalue weighted by Crippen LogP contribution is -2.73. The summed E-state index contributed by atoms with van der Waals surface area (Å²) in [5.74, 6) is 0. The second-order valence-electron chi connectivity index (χ2n) is 12.9. The van der Waals surface area contributed by atoms with Crippen LogP contribution in [-0.4, -0.2) is 64.0 Å². The van der Waals surface area contributed by atoms with Gasteiger partial charge in [0.2, 0.25) is 0 Å². The van der Waals surface area contributed by atoms with Crippen molar-refractivity contribution >= 4 is 27.0 Å². The molecular weight excluding hydrogens is 484 g/mol. The van der Waals surface area contributed by atoms with E-state index in [0.717, 1.165) is 10.4 Å². The summed E-state index contributed by atoms with van der Waals surface area (Å²) in [5, 5.41) is 25.2. The highest BCUT2D eigenvalue weighted by atomic mass is 28.4. The molecule has 1 fully saturated rings. The van der Waals surface area contributed by atoms with Gasteiger partial charge >= 0.3 is 0 Å². The number of hydrogen-bond acceptors (Lipinski definition) is 5. The van der Waals surface area contributed by atoms with Gasteiger partial charge in [-0.2, -0.15) is 0 Å². The first-order valence-corrected chi connectivity index (χ1v) is 17.8. The third-order valence-corrected chi connectivity index (χ3v) is 17.8. The van der Waals surface area contributed by atoms with E-state index in [1.165, 1.54) is 0 Å². The molecule has 0 saturated carbocycles. The molecule has 0 bridgehead atoms. The standard InChI is InChI=1S/C29H46O5Si2/c1-27(2,3)35(8,9)33-21-25(30)29(7,26(31)24-20-32-24)34-36(28(4,5)6,22-16-12-10-13-17-22)23-18-14-11-15-19-23/h10-19,24-26,30-31H,20-21H2,1-9H3/t24-,25-,26+,29+/m1/s1. The quantitative estimate of drug-likeness (QED) is 0.350. The molecule has 0 radical (unpaired) electrons. The van der Waals surface area contributed by atoms with E-state index in [1.54, 1.807) is 0 Å². The van der Waals surface area contributed by atoms with Gasteiger partial charge in [-0.05, 0) is 40.5 Å². The fourth-order valence-corrected chi connectivity index (χ4v) is 10.4. The van der Waals surface area contributed by atoms with Crippen LogP contribution in [0.5, 0.6) is 0 Å². The zero-order valence-corrected chi connectivity index (χ0v) is 25.5. The van der Waals surface area contributed by atoms with Gasteiger partial charge in [-0.25, -0.2) is 0 Å². The number of hydrogen-bond donors (Lipinski definition) is 2. The molecule has 0 amide bonds. The largest absolute Gasteiger partial charge is 0.414 e. The van der Waals surface area contributed by atoms with Crippen LogP contribution in [0, 0.1) is 0 Å².